The predicted octanol–water partition coefficient (Wildman–Crippen LogP) is 4.21. The quantitative estimate of drug-likeness (QED) is 0.658. The van der Waals surface area contributed by atoms with Gasteiger partial charge >= 0.3 is 0 Å². The van der Waals surface area contributed by atoms with Crippen LogP contribution in [0.5, 0.6) is 0 Å². The van der Waals surface area contributed by atoms with Gasteiger partial charge in [-0.1, -0.05) is 75.8 Å². The zero-order chi connectivity index (χ0) is 15.6. The molecule has 1 aliphatic heterocycles. The Morgan fingerprint density at radius 1 is 1.09 bits per heavy atom. The maximum Gasteiger partial charge on any atom is 0.223 e. The van der Waals surface area contributed by atoms with Gasteiger partial charge < -0.3 is 10.1 Å². The summed E-state index contributed by atoms with van der Waals surface area (Å²) in [6, 6.07) is 10.4. The van der Waals surface area contributed by atoms with Crippen LogP contribution in [-0.2, 0) is 16.1 Å². The Morgan fingerprint density at radius 2 is 1.82 bits per heavy atom. The molecule has 3 nitrogen and oxygen atoms in total. The van der Waals surface area contributed by atoms with Gasteiger partial charge in [0, 0.05) is 0 Å². The fourth-order valence-electron chi connectivity index (χ4n) is 3.04. The van der Waals surface area contributed by atoms with E-state index in [0.29, 0.717) is 13.0 Å². The maximum atomic E-state index is 11.7. The molecule has 2 rings (SSSR count). The Bertz CT molecular complexity index is 432. The van der Waals surface area contributed by atoms with Gasteiger partial charge in [-0.05, 0) is 12.0 Å². The van der Waals surface area contributed by atoms with Crippen LogP contribution >= 0.6 is 0 Å². The zero-order valence-electron chi connectivity index (χ0n) is 13.7. The number of nitrogens with one attached hydrogen (secondary N) is 1. The number of unbranched alkanes of at least 4 members (excludes halogenated alkanes) is 5. The summed E-state index contributed by atoms with van der Waals surface area (Å²) in [6.07, 6.45) is 9.29. The second-order valence-corrected chi connectivity index (χ2v) is 6.27. The third-order valence-corrected chi connectivity index (χ3v) is 4.36. The molecule has 2 atom stereocenters. The molecule has 0 aliphatic carbocycles. The lowest BCUT2D eigenvalue weighted by Crippen LogP contribution is -2.33. The topological polar surface area (TPSA) is 38.3 Å². The molecule has 0 unspecified atom stereocenters. The van der Waals surface area contributed by atoms with E-state index in [1.165, 1.54) is 44.1 Å². The van der Waals surface area contributed by atoms with E-state index in [0.717, 1.165) is 6.42 Å². The highest BCUT2D eigenvalue weighted by Gasteiger charge is 2.32. The van der Waals surface area contributed by atoms with Gasteiger partial charge in [0.1, 0.15) is 0 Å². The number of hydrogen-bond donors (Lipinski definition) is 1. The van der Waals surface area contributed by atoms with Crippen molar-refractivity contribution in [3.8, 4) is 0 Å². The molecule has 1 fully saturated rings. The average molecular weight is 303 g/mol. The highest BCUT2D eigenvalue weighted by molar-refractivity contribution is 5.79. The van der Waals surface area contributed by atoms with Crippen molar-refractivity contribution < 1.29 is 9.53 Å². The van der Waals surface area contributed by atoms with Gasteiger partial charge in [0.15, 0.2) is 0 Å². The molecule has 0 radical (unpaired) electrons. The predicted molar refractivity (Wildman–Crippen MR) is 89.6 cm³/mol. The van der Waals surface area contributed by atoms with E-state index in [4.69, 9.17) is 4.74 Å². The van der Waals surface area contributed by atoms with Crippen molar-refractivity contribution in [2.24, 2.45) is 0 Å². The first-order valence-electron chi connectivity index (χ1n) is 8.74. The van der Waals surface area contributed by atoms with Crippen LogP contribution in [0, 0.1) is 0 Å². The summed E-state index contributed by atoms with van der Waals surface area (Å²) < 4.78 is 5.98. The lowest BCUT2D eigenvalue weighted by molar-refractivity contribution is -0.119. The van der Waals surface area contributed by atoms with Crippen molar-refractivity contribution in [1.29, 1.82) is 0 Å². The van der Waals surface area contributed by atoms with Gasteiger partial charge in [-0.15, -0.1) is 0 Å². The average Bonchev–Trinajstić information content (AvgIpc) is 2.90. The molecular weight excluding hydrogens is 274 g/mol. The number of carbonyl (C=O) groups excluding carboxylic acids is 1. The number of ether oxygens (including phenoxy) is 1. The molecule has 1 amide bonds. The van der Waals surface area contributed by atoms with Gasteiger partial charge in [-0.3, -0.25) is 4.79 Å². The largest absolute Gasteiger partial charge is 0.371 e. The molecule has 0 bridgehead atoms. The van der Waals surface area contributed by atoms with E-state index in [1.807, 2.05) is 18.2 Å². The van der Waals surface area contributed by atoms with Gasteiger partial charge in [0.05, 0.1) is 25.2 Å². The minimum Gasteiger partial charge on any atom is -0.371 e. The Morgan fingerprint density at radius 3 is 2.59 bits per heavy atom. The second-order valence-electron chi connectivity index (χ2n) is 6.27. The Hall–Kier alpha value is -1.35. The highest BCUT2D eigenvalue weighted by atomic mass is 16.5. The van der Waals surface area contributed by atoms with Crippen molar-refractivity contribution in [3.05, 3.63) is 35.9 Å². The van der Waals surface area contributed by atoms with E-state index in [9.17, 15) is 4.79 Å². The number of hydrogen-bond acceptors (Lipinski definition) is 2. The van der Waals surface area contributed by atoms with E-state index in [2.05, 4.69) is 24.4 Å². The molecule has 1 aromatic carbocycles. The van der Waals surface area contributed by atoms with E-state index in [1.54, 1.807) is 0 Å². The van der Waals surface area contributed by atoms with Gasteiger partial charge in [-0.2, -0.15) is 0 Å². The van der Waals surface area contributed by atoms with Crippen LogP contribution in [-0.4, -0.2) is 18.1 Å². The summed E-state index contributed by atoms with van der Waals surface area (Å²) in [5.41, 5.74) is 1.17. The lowest BCUT2D eigenvalue weighted by atomic mass is 10.0. The summed E-state index contributed by atoms with van der Waals surface area (Å²) in [7, 11) is 0. The van der Waals surface area contributed by atoms with Crippen LogP contribution in [0.4, 0.5) is 0 Å². The molecule has 1 heterocycles. The molecule has 3 heteroatoms. The smallest absolute Gasteiger partial charge is 0.223 e. The van der Waals surface area contributed by atoms with Crippen molar-refractivity contribution >= 4 is 5.91 Å². The van der Waals surface area contributed by atoms with Gasteiger partial charge in [0.25, 0.3) is 0 Å². The van der Waals surface area contributed by atoms with Gasteiger partial charge in [-0.25, -0.2) is 0 Å². The molecular formula is C19H29NO2. The number of amides is 1. The van der Waals surface area contributed by atoms with Gasteiger partial charge in [0.2, 0.25) is 5.91 Å². The first-order chi connectivity index (χ1) is 10.8. The summed E-state index contributed by atoms with van der Waals surface area (Å²) in [5.74, 6) is 0.133. The minimum atomic E-state index is 0.0309. The van der Waals surface area contributed by atoms with Crippen LogP contribution in [0.3, 0.4) is 0 Å². The van der Waals surface area contributed by atoms with Crippen LogP contribution in [0.2, 0.25) is 0 Å². The van der Waals surface area contributed by atoms with Crippen LogP contribution in [0.15, 0.2) is 30.3 Å². The summed E-state index contributed by atoms with van der Waals surface area (Å²) in [5, 5.41) is 3.08. The van der Waals surface area contributed by atoms with Crippen LogP contribution in [0.25, 0.3) is 0 Å². The van der Waals surface area contributed by atoms with Crippen molar-refractivity contribution in [3.63, 3.8) is 0 Å². The monoisotopic (exact) mass is 303 g/mol. The molecule has 1 aromatic rings. The van der Waals surface area contributed by atoms with E-state index in [-0.39, 0.29) is 18.1 Å². The first kappa shape index (κ1) is 17.0. The van der Waals surface area contributed by atoms with Crippen molar-refractivity contribution in [1.82, 2.24) is 5.32 Å². The number of rotatable bonds is 10. The van der Waals surface area contributed by atoms with Crippen LogP contribution in [0.1, 0.15) is 63.9 Å². The fraction of sp³-hybridized carbons (Fsp3) is 0.632. The maximum absolute atomic E-state index is 11.7. The Kier molecular flexibility index (Phi) is 7.44. The molecule has 1 aliphatic rings. The van der Waals surface area contributed by atoms with Crippen LogP contribution < -0.4 is 5.32 Å². The zero-order valence-corrected chi connectivity index (χ0v) is 13.7. The molecule has 0 aromatic heterocycles. The fourth-order valence-corrected chi connectivity index (χ4v) is 3.04. The second kappa shape index (κ2) is 9.62. The summed E-state index contributed by atoms with van der Waals surface area (Å²) >= 11 is 0. The summed E-state index contributed by atoms with van der Waals surface area (Å²) in [4.78, 5) is 11.7. The SMILES string of the molecule is CCCCCCCC[C@H]1NC(=O)C[C@@H]1OCc1ccccc1. The Balaban J connectivity index is 1.69. The molecule has 122 valence electrons. The highest BCUT2D eigenvalue weighted by Crippen LogP contribution is 2.20. The van der Waals surface area contributed by atoms with E-state index >= 15 is 0 Å². The molecule has 1 N–H and O–H groups in total. The molecule has 1 saturated heterocycles. The lowest BCUT2D eigenvalue weighted by Gasteiger charge is -2.19. The number of carbonyl (C=O) groups is 1. The van der Waals surface area contributed by atoms with E-state index < -0.39 is 0 Å². The molecule has 0 spiro atoms. The standard InChI is InChI=1S/C19H29NO2/c1-2-3-4-5-6-10-13-17-18(14-19(21)20-17)22-15-16-11-8-7-9-12-16/h7-9,11-12,17-18H,2-6,10,13-15H2,1H3,(H,20,21)/t17-,18+/m1/s1. The number of benzene rings is 1. The first-order valence-corrected chi connectivity index (χ1v) is 8.74. The summed E-state index contributed by atoms with van der Waals surface area (Å²) in [6.45, 7) is 2.83. The third kappa shape index (κ3) is 5.80. The Labute approximate surface area is 134 Å². The third-order valence-electron chi connectivity index (χ3n) is 4.36. The van der Waals surface area contributed by atoms with Crippen molar-refractivity contribution in [2.45, 2.75) is 77.0 Å². The minimum absolute atomic E-state index is 0.0309. The van der Waals surface area contributed by atoms with Crippen molar-refractivity contribution in [2.75, 3.05) is 0 Å². The molecule has 22 heavy (non-hydrogen) atoms. The normalized spacial score (nSPS) is 21.0. The molecule has 0 saturated carbocycles.